The molecule has 0 aliphatic carbocycles. The molecule has 1 N–H and O–H groups in total. The lowest BCUT2D eigenvalue weighted by atomic mass is 10.1. The van der Waals surface area contributed by atoms with Crippen molar-refractivity contribution in [3.63, 3.8) is 0 Å². The van der Waals surface area contributed by atoms with Gasteiger partial charge in [0, 0.05) is 6.42 Å². The van der Waals surface area contributed by atoms with Crippen LogP contribution in [0, 0.1) is 6.92 Å². The average Bonchev–Trinajstić information content (AvgIpc) is 3.37. The van der Waals surface area contributed by atoms with Crippen molar-refractivity contribution in [3.05, 3.63) is 53.4 Å². The van der Waals surface area contributed by atoms with Gasteiger partial charge in [-0.3, -0.25) is 0 Å². The molecule has 4 rings (SSSR count). The molecule has 0 saturated carbocycles. The molecule has 12 nitrogen and oxygen atoms in total. The van der Waals surface area contributed by atoms with E-state index in [1.165, 1.54) is 4.80 Å². The molecule has 0 aliphatic rings. The summed E-state index contributed by atoms with van der Waals surface area (Å²) < 4.78 is 1.70. The van der Waals surface area contributed by atoms with Gasteiger partial charge < -0.3 is 0 Å². The fraction of sp³-hybridized carbons (Fsp3) is 0.308. The van der Waals surface area contributed by atoms with Crippen LogP contribution in [0.5, 0.6) is 0 Å². The predicted molar refractivity (Wildman–Crippen MR) is 81.9 cm³/mol. The molecule has 0 amide bonds. The lowest BCUT2D eigenvalue weighted by molar-refractivity contribution is 0.466. The van der Waals surface area contributed by atoms with Crippen molar-refractivity contribution in [3.8, 4) is 0 Å². The van der Waals surface area contributed by atoms with Crippen molar-refractivity contribution in [2.24, 2.45) is 0 Å². The maximum absolute atomic E-state index is 4.44. The third-order valence-corrected chi connectivity index (χ3v) is 3.66. The van der Waals surface area contributed by atoms with Gasteiger partial charge in [-0.2, -0.15) is 10.0 Å². The minimum absolute atomic E-state index is 0.267. The molecule has 1 atom stereocenters. The molecule has 126 valence electrons. The number of benzene rings is 1. The quantitative estimate of drug-likeness (QED) is 0.485. The molecule has 0 saturated heterocycles. The maximum Gasteiger partial charge on any atom is 0.199 e. The monoisotopic (exact) mass is 338 g/mol. The van der Waals surface area contributed by atoms with E-state index < -0.39 is 0 Å². The van der Waals surface area contributed by atoms with Gasteiger partial charge in [0.05, 0.1) is 0 Å². The van der Waals surface area contributed by atoms with E-state index in [0.717, 1.165) is 5.56 Å². The number of nitrogens with one attached hydrogen (secondary N) is 1. The second-order valence-electron chi connectivity index (χ2n) is 5.38. The zero-order valence-electron chi connectivity index (χ0n) is 13.3. The molecule has 0 spiro atoms. The smallest absolute Gasteiger partial charge is 0.199 e. The molecule has 0 bridgehead atoms. The third kappa shape index (κ3) is 3.22. The van der Waals surface area contributed by atoms with Crippen molar-refractivity contribution < 1.29 is 0 Å². The van der Waals surface area contributed by atoms with E-state index in [4.69, 9.17) is 0 Å². The Morgan fingerprint density at radius 1 is 1.08 bits per heavy atom. The van der Waals surface area contributed by atoms with Gasteiger partial charge in [0.15, 0.2) is 11.6 Å². The summed E-state index contributed by atoms with van der Waals surface area (Å²) in [5.41, 5.74) is 1.12. The summed E-state index contributed by atoms with van der Waals surface area (Å²) in [6, 6.07) is 9.75. The zero-order chi connectivity index (χ0) is 17.1. The molecule has 0 fully saturated rings. The van der Waals surface area contributed by atoms with E-state index in [-0.39, 0.29) is 12.6 Å². The zero-order valence-corrected chi connectivity index (χ0v) is 13.3. The molecular weight excluding hydrogens is 324 g/mol. The number of tetrazole rings is 3. The van der Waals surface area contributed by atoms with Crippen LogP contribution < -0.4 is 0 Å². The molecule has 25 heavy (non-hydrogen) atoms. The molecule has 0 radical (unpaired) electrons. The maximum atomic E-state index is 4.44. The minimum atomic E-state index is -0.267. The summed E-state index contributed by atoms with van der Waals surface area (Å²) in [7, 11) is 0. The second-order valence-corrected chi connectivity index (χ2v) is 5.38. The van der Waals surface area contributed by atoms with Crippen molar-refractivity contribution in [2.45, 2.75) is 25.9 Å². The fourth-order valence-corrected chi connectivity index (χ4v) is 2.48. The Kier molecular flexibility index (Phi) is 3.90. The van der Waals surface area contributed by atoms with Crippen molar-refractivity contribution in [2.75, 3.05) is 0 Å². The summed E-state index contributed by atoms with van der Waals surface area (Å²) in [5, 5.41) is 38.1. The molecule has 4 aromatic rings. The van der Waals surface area contributed by atoms with Crippen LogP contribution >= 0.6 is 0 Å². The summed E-state index contributed by atoms with van der Waals surface area (Å²) in [4.78, 5) is 1.41. The van der Waals surface area contributed by atoms with E-state index in [1.807, 2.05) is 37.3 Å². The summed E-state index contributed by atoms with van der Waals surface area (Å²) in [5.74, 6) is 1.67. The third-order valence-electron chi connectivity index (χ3n) is 3.66. The lowest BCUT2D eigenvalue weighted by Gasteiger charge is -2.14. The predicted octanol–water partition coefficient (Wildman–Crippen LogP) is -0.638. The van der Waals surface area contributed by atoms with Gasteiger partial charge in [0.25, 0.3) is 0 Å². The highest BCUT2D eigenvalue weighted by molar-refractivity contribution is 5.17. The first kappa shape index (κ1) is 15.0. The number of aromatic nitrogens is 12. The second kappa shape index (κ2) is 6.51. The van der Waals surface area contributed by atoms with E-state index in [1.54, 1.807) is 4.68 Å². The molecule has 3 heterocycles. The Morgan fingerprint density at radius 2 is 1.96 bits per heavy atom. The lowest BCUT2D eigenvalue weighted by Crippen LogP contribution is -2.18. The van der Waals surface area contributed by atoms with Crippen LogP contribution in [0.15, 0.2) is 30.3 Å². The average molecular weight is 338 g/mol. The van der Waals surface area contributed by atoms with Gasteiger partial charge in [-0.05, 0) is 28.1 Å². The number of nitrogens with zero attached hydrogens (tertiary/aromatic N) is 11. The molecular formula is C13H14N12. The highest BCUT2D eigenvalue weighted by Crippen LogP contribution is 2.19. The molecule has 0 aliphatic heterocycles. The first-order valence-corrected chi connectivity index (χ1v) is 7.58. The topological polar surface area (TPSA) is 142 Å². The molecule has 3 aromatic heterocycles. The van der Waals surface area contributed by atoms with Crippen molar-refractivity contribution in [1.82, 2.24) is 61.0 Å². The van der Waals surface area contributed by atoms with E-state index in [0.29, 0.717) is 23.9 Å². The van der Waals surface area contributed by atoms with Crippen LogP contribution in [0.1, 0.15) is 29.1 Å². The highest BCUT2D eigenvalue weighted by atomic mass is 15.6. The van der Waals surface area contributed by atoms with Crippen LogP contribution in [0.3, 0.4) is 0 Å². The fourth-order valence-electron chi connectivity index (χ4n) is 2.48. The highest BCUT2D eigenvalue weighted by Gasteiger charge is 2.23. The van der Waals surface area contributed by atoms with Gasteiger partial charge >= 0.3 is 0 Å². The van der Waals surface area contributed by atoms with Crippen molar-refractivity contribution >= 4 is 0 Å². The van der Waals surface area contributed by atoms with E-state index >= 15 is 0 Å². The van der Waals surface area contributed by atoms with Crippen LogP contribution in [-0.4, -0.2) is 61.0 Å². The molecule has 12 heteroatoms. The van der Waals surface area contributed by atoms with Gasteiger partial charge in [-0.25, -0.2) is 4.68 Å². The normalized spacial score (nSPS) is 12.4. The standard InChI is InChI=1S/C13H14N12/c1-9-14-21-23-25(9)11(7-10-5-3-2-4-6-10)13-17-22-24(18-13)8-12-15-19-20-16-12/h2-6,11H,7-8H2,1H3,(H,15,16,19,20). The van der Waals surface area contributed by atoms with Crippen LogP contribution in [0.4, 0.5) is 0 Å². The van der Waals surface area contributed by atoms with Crippen molar-refractivity contribution in [1.29, 1.82) is 0 Å². The summed E-state index contributed by atoms with van der Waals surface area (Å²) >= 11 is 0. The van der Waals surface area contributed by atoms with Crippen LogP contribution in [0.25, 0.3) is 0 Å². The Morgan fingerprint density at radius 3 is 2.68 bits per heavy atom. The number of H-pyrrole nitrogens is 1. The largest absolute Gasteiger partial charge is 0.219 e. The number of hydrogen-bond donors (Lipinski definition) is 1. The van der Waals surface area contributed by atoms with Crippen LogP contribution in [0.2, 0.25) is 0 Å². The Hall–Kier alpha value is -3.57. The Labute approximate surface area is 141 Å². The van der Waals surface area contributed by atoms with Gasteiger partial charge in [0.2, 0.25) is 0 Å². The van der Waals surface area contributed by atoms with Crippen LogP contribution in [-0.2, 0) is 13.0 Å². The first-order chi connectivity index (χ1) is 12.3. The number of hydrogen-bond acceptors (Lipinski definition) is 9. The number of rotatable bonds is 6. The van der Waals surface area contributed by atoms with Gasteiger partial charge in [0.1, 0.15) is 18.4 Å². The van der Waals surface area contributed by atoms with E-state index in [9.17, 15) is 0 Å². The van der Waals surface area contributed by atoms with Gasteiger partial charge in [-0.1, -0.05) is 35.5 Å². The molecule has 1 aromatic carbocycles. The number of aromatic amines is 1. The Bertz CT molecular complexity index is 925. The summed E-state index contributed by atoms with van der Waals surface area (Å²) in [6.07, 6.45) is 0.640. The first-order valence-electron chi connectivity index (χ1n) is 7.58. The minimum Gasteiger partial charge on any atom is -0.219 e. The number of aryl methyl sites for hydroxylation is 1. The van der Waals surface area contributed by atoms with E-state index in [2.05, 4.69) is 51.6 Å². The molecule has 1 unspecified atom stereocenters. The SMILES string of the molecule is Cc1nnnn1C(Cc1ccccc1)c1nnn(Cc2nn[nH]n2)n1. The summed E-state index contributed by atoms with van der Waals surface area (Å²) in [6.45, 7) is 2.11. The Balaban J connectivity index is 1.64. The van der Waals surface area contributed by atoms with Gasteiger partial charge in [-0.15, -0.1) is 25.5 Å².